The highest BCUT2D eigenvalue weighted by Crippen LogP contribution is 2.66. The molecule has 0 N–H and O–H groups in total. The van der Waals surface area contributed by atoms with Crippen molar-refractivity contribution in [2.75, 3.05) is 0 Å². The molecule has 1 unspecified atom stereocenters. The number of benzene rings is 2. The van der Waals surface area contributed by atoms with E-state index in [-0.39, 0.29) is 22.8 Å². The van der Waals surface area contributed by atoms with E-state index in [1.54, 1.807) is 0 Å². The normalized spacial score (nSPS) is 32.3. The third kappa shape index (κ3) is 2.65. The van der Waals surface area contributed by atoms with E-state index < -0.39 is 31.5 Å². The molecule has 2 fully saturated rings. The van der Waals surface area contributed by atoms with Crippen LogP contribution < -0.4 is 0 Å². The van der Waals surface area contributed by atoms with Crippen LogP contribution in [0.4, 0.5) is 0 Å². The van der Waals surface area contributed by atoms with Crippen LogP contribution in [-0.4, -0.2) is 20.3 Å². The Morgan fingerprint density at radius 2 is 1.61 bits per heavy atom. The Labute approximate surface area is 184 Å². The number of rotatable bonds is 3. The van der Waals surface area contributed by atoms with E-state index in [0.717, 1.165) is 5.76 Å². The molecule has 5 heteroatoms. The Bertz CT molecular complexity index is 1140. The number of carbonyl (C=O) groups excluding carboxylic acids is 2. The van der Waals surface area contributed by atoms with Crippen molar-refractivity contribution in [3.8, 4) is 0 Å². The van der Waals surface area contributed by atoms with E-state index in [0.29, 0.717) is 0 Å². The lowest BCUT2D eigenvalue weighted by Gasteiger charge is -2.40. The molecule has 5 rings (SSSR count). The predicted octanol–water partition coefficient (Wildman–Crippen LogP) is 5.58. The summed E-state index contributed by atoms with van der Waals surface area (Å²) in [6.45, 7) is 13.3. The van der Waals surface area contributed by atoms with Crippen LogP contribution in [0.15, 0.2) is 54.3 Å². The second-order valence-electron chi connectivity index (χ2n) is 11.0. The summed E-state index contributed by atoms with van der Waals surface area (Å²) < 4.78 is 11.9. The van der Waals surface area contributed by atoms with Crippen molar-refractivity contribution in [1.29, 1.82) is 0 Å². The number of hydrogen-bond acceptors (Lipinski definition) is 4. The Hall–Kier alpha value is -2.40. The lowest BCUT2D eigenvalue weighted by atomic mass is 9.69. The molecule has 1 saturated heterocycles. The van der Waals surface area contributed by atoms with Gasteiger partial charge in [-0.1, -0.05) is 70.2 Å². The first-order valence-electron chi connectivity index (χ1n) is 11.1. The van der Waals surface area contributed by atoms with Crippen molar-refractivity contribution in [2.45, 2.75) is 51.2 Å². The highest BCUT2D eigenvalue weighted by Gasteiger charge is 2.71. The van der Waals surface area contributed by atoms with Gasteiger partial charge in [0, 0.05) is 17.3 Å². The van der Waals surface area contributed by atoms with Crippen molar-refractivity contribution in [2.24, 2.45) is 23.7 Å². The van der Waals surface area contributed by atoms with Crippen LogP contribution in [0.3, 0.4) is 0 Å². The highest BCUT2D eigenvalue weighted by molar-refractivity contribution is 6.74. The first-order chi connectivity index (χ1) is 14.5. The first-order valence-corrected chi connectivity index (χ1v) is 14.0. The molecule has 2 aromatic carbocycles. The zero-order chi connectivity index (χ0) is 22.3. The minimum Gasteiger partial charge on any atom is -0.546 e. The summed E-state index contributed by atoms with van der Waals surface area (Å²) >= 11 is 0. The van der Waals surface area contributed by atoms with E-state index in [1.165, 1.54) is 16.3 Å². The maximum absolute atomic E-state index is 12.8. The van der Waals surface area contributed by atoms with E-state index >= 15 is 0 Å². The number of hydrogen-bond donors (Lipinski definition) is 0. The van der Waals surface area contributed by atoms with Gasteiger partial charge in [0.25, 0.3) is 0 Å². The maximum Gasteiger partial charge on any atom is 0.318 e. The molecular weight excluding hydrogens is 404 g/mol. The van der Waals surface area contributed by atoms with Crippen LogP contribution in [0.2, 0.25) is 18.1 Å². The van der Waals surface area contributed by atoms with Crippen LogP contribution >= 0.6 is 0 Å². The third-order valence-corrected chi connectivity index (χ3v) is 12.8. The van der Waals surface area contributed by atoms with Crippen molar-refractivity contribution in [3.05, 3.63) is 59.9 Å². The zero-order valence-electron chi connectivity index (χ0n) is 19.1. The Morgan fingerprint density at radius 1 is 0.968 bits per heavy atom. The number of allylic oxidation sites excluding steroid dienone is 2. The molecule has 0 spiro atoms. The summed E-state index contributed by atoms with van der Waals surface area (Å²) in [5.74, 6) is -1.08. The molecule has 5 atom stereocenters. The topological polar surface area (TPSA) is 52.6 Å². The van der Waals surface area contributed by atoms with Crippen LogP contribution in [-0.2, 0) is 24.2 Å². The molecule has 3 aliphatic rings. The minimum atomic E-state index is -2.11. The summed E-state index contributed by atoms with van der Waals surface area (Å²) in [7, 11) is -2.11. The standard InChI is InChI=1S/C26H30O4Si/c1-25(2,3)31(5,6)30-19-14-18-20-21(24(28)29-23(20)27)22(19)26(18,4)17-13-9-11-15-10-7-8-12-16(15)17/h7-14,18,20-22H,1-6H3/t18-,20+,21+,22+,26?/m1/s1. The molecule has 162 valence electrons. The molecule has 2 aliphatic carbocycles. The van der Waals surface area contributed by atoms with Gasteiger partial charge in [-0.3, -0.25) is 9.59 Å². The van der Waals surface area contributed by atoms with E-state index in [9.17, 15) is 9.59 Å². The Balaban J connectivity index is 1.68. The third-order valence-electron chi connectivity index (χ3n) is 8.42. The second-order valence-corrected chi connectivity index (χ2v) is 15.8. The van der Waals surface area contributed by atoms with Gasteiger partial charge in [-0.15, -0.1) is 0 Å². The Morgan fingerprint density at radius 3 is 2.32 bits per heavy atom. The molecule has 1 saturated carbocycles. The number of ether oxygens (including phenoxy) is 1. The largest absolute Gasteiger partial charge is 0.546 e. The van der Waals surface area contributed by atoms with Gasteiger partial charge in [-0.05, 0) is 40.5 Å². The molecule has 0 aromatic heterocycles. The number of esters is 2. The zero-order valence-corrected chi connectivity index (χ0v) is 20.1. The van der Waals surface area contributed by atoms with E-state index in [1.807, 2.05) is 12.1 Å². The van der Waals surface area contributed by atoms with Crippen LogP contribution in [0.1, 0.15) is 33.3 Å². The van der Waals surface area contributed by atoms with Gasteiger partial charge in [-0.2, -0.15) is 0 Å². The molecular formula is C26H30O4Si. The molecule has 2 bridgehead atoms. The predicted molar refractivity (Wildman–Crippen MR) is 123 cm³/mol. The van der Waals surface area contributed by atoms with Gasteiger partial charge in [0.2, 0.25) is 8.32 Å². The fourth-order valence-corrected chi connectivity index (χ4v) is 6.90. The smallest absolute Gasteiger partial charge is 0.318 e. The molecule has 2 aromatic rings. The average Bonchev–Trinajstić information content (AvgIpc) is 3.24. The van der Waals surface area contributed by atoms with Crippen LogP contribution in [0, 0.1) is 23.7 Å². The van der Waals surface area contributed by atoms with Crippen LogP contribution in [0.5, 0.6) is 0 Å². The summed E-state index contributed by atoms with van der Waals surface area (Å²) in [5.41, 5.74) is 0.781. The quantitative estimate of drug-likeness (QED) is 0.360. The molecule has 31 heavy (non-hydrogen) atoms. The molecule has 4 nitrogen and oxygen atoms in total. The second kappa shape index (κ2) is 6.32. The summed E-state index contributed by atoms with van der Waals surface area (Å²) in [6.07, 6.45) is 2.15. The molecule has 0 radical (unpaired) electrons. The van der Waals surface area contributed by atoms with Crippen molar-refractivity contribution in [3.63, 3.8) is 0 Å². The van der Waals surface area contributed by atoms with Gasteiger partial charge in [0.05, 0.1) is 17.6 Å². The van der Waals surface area contributed by atoms with Gasteiger partial charge < -0.3 is 9.16 Å². The fourth-order valence-electron chi connectivity index (χ4n) is 5.81. The summed E-state index contributed by atoms with van der Waals surface area (Å²) in [4.78, 5) is 25.5. The highest BCUT2D eigenvalue weighted by atomic mass is 28.4. The Kier molecular flexibility index (Phi) is 4.18. The van der Waals surface area contributed by atoms with Crippen LogP contribution in [0.25, 0.3) is 10.8 Å². The molecule has 1 aliphatic heterocycles. The monoisotopic (exact) mass is 434 g/mol. The summed E-state index contributed by atoms with van der Waals surface area (Å²) in [5, 5.41) is 2.38. The fraction of sp³-hybridized carbons (Fsp3) is 0.462. The van der Waals surface area contributed by atoms with E-state index in [4.69, 9.17) is 9.16 Å². The molecule has 1 heterocycles. The van der Waals surface area contributed by atoms with Gasteiger partial charge >= 0.3 is 11.9 Å². The lowest BCUT2D eigenvalue weighted by molar-refractivity contribution is -0.155. The average molecular weight is 435 g/mol. The molecule has 0 amide bonds. The van der Waals surface area contributed by atoms with Crippen molar-refractivity contribution in [1.82, 2.24) is 0 Å². The van der Waals surface area contributed by atoms with E-state index in [2.05, 4.69) is 77.2 Å². The van der Waals surface area contributed by atoms with Gasteiger partial charge in [0.1, 0.15) is 0 Å². The SMILES string of the molecule is CC1(c2cccc3ccccc23)[C@@H]2C=C(O[Si](C)(C)C(C)(C)C)[C@H]1[C@H]1C(=O)OC(=O)[C@H]12. The first kappa shape index (κ1) is 20.5. The summed E-state index contributed by atoms with van der Waals surface area (Å²) in [6, 6.07) is 14.7. The number of carbonyl (C=O) groups is 2. The number of fused-ring (bicyclic) bond motifs is 6. The lowest BCUT2D eigenvalue weighted by Crippen LogP contribution is -2.43. The number of cyclic esters (lactones) is 2. The maximum atomic E-state index is 12.8. The van der Waals surface area contributed by atoms with Gasteiger partial charge in [0.15, 0.2) is 0 Å². The van der Waals surface area contributed by atoms with Crippen molar-refractivity contribution < 1.29 is 18.8 Å². The minimum absolute atomic E-state index is 0.0386. The van der Waals surface area contributed by atoms with Crippen molar-refractivity contribution >= 4 is 31.0 Å². The van der Waals surface area contributed by atoms with Gasteiger partial charge in [-0.25, -0.2) is 0 Å².